The highest BCUT2D eigenvalue weighted by atomic mass is 31.2. The van der Waals surface area contributed by atoms with Crippen molar-refractivity contribution >= 4 is 13.6 Å². The Morgan fingerprint density at radius 2 is 2.30 bits per heavy atom. The number of nitrogens with zero attached hydrogens (tertiary/aromatic N) is 2. The van der Waals surface area contributed by atoms with Gasteiger partial charge in [0.2, 0.25) is 0 Å². The Hall–Kier alpha value is -1.29. The zero-order valence-electron chi connectivity index (χ0n) is 10.0. The average Bonchev–Trinajstić information content (AvgIpc) is 2.66. The predicted molar refractivity (Wildman–Crippen MR) is 63.5 cm³/mol. The van der Waals surface area contributed by atoms with Gasteiger partial charge in [-0.25, -0.2) is 9.36 Å². The smallest absolute Gasteiger partial charge is 0.386 e. The van der Waals surface area contributed by atoms with Crippen LogP contribution in [0.5, 0.6) is 0 Å². The molecule has 0 radical (unpaired) electrons. The maximum Gasteiger partial charge on any atom is 0.472 e. The van der Waals surface area contributed by atoms with E-state index in [9.17, 15) is 19.4 Å². The van der Waals surface area contributed by atoms with Crippen LogP contribution < -0.4 is 11.4 Å². The Morgan fingerprint density at radius 1 is 1.55 bits per heavy atom. The van der Waals surface area contributed by atoms with Gasteiger partial charge in [0.1, 0.15) is 24.1 Å². The molecule has 0 amide bonds. The van der Waals surface area contributed by atoms with Gasteiger partial charge in [-0.15, -0.1) is 0 Å². The van der Waals surface area contributed by atoms with E-state index in [0.717, 1.165) is 4.57 Å². The van der Waals surface area contributed by atoms with Crippen LogP contribution in [0, 0.1) is 0 Å². The molecule has 1 aromatic rings. The highest BCUT2D eigenvalue weighted by Gasteiger charge is 2.52. The number of phosphoric acid groups is 1. The SMILES string of the molecule is Nc1ccn([C@@H]2O[C@@H]3COP(=O)(O)OC3[C@@H]2O)c(=O)n1. The molecule has 0 aromatic carbocycles. The van der Waals surface area contributed by atoms with Gasteiger partial charge in [0.25, 0.3) is 0 Å². The molecule has 1 aromatic heterocycles. The van der Waals surface area contributed by atoms with Crippen LogP contribution in [0.1, 0.15) is 6.23 Å². The number of aliphatic hydroxyl groups excluding tert-OH is 1. The third-order valence-corrected chi connectivity index (χ3v) is 4.08. The number of aromatic nitrogens is 2. The molecule has 11 heteroatoms. The normalized spacial score (nSPS) is 40.5. The number of aliphatic hydroxyl groups is 1. The van der Waals surface area contributed by atoms with Crippen LogP contribution >= 0.6 is 7.82 Å². The van der Waals surface area contributed by atoms with Crippen molar-refractivity contribution in [2.45, 2.75) is 24.5 Å². The molecule has 2 unspecified atom stereocenters. The predicted octanol–water partition coefficient (Wildman–Crippen LogP) is -1.40. The minimum absolute atomic E-state index is 0.0376. The zero-order valence-corrected chi connectivity index (χ0v) is 10.9. The van der Waals surface area contributed by atoms with E-state index in [4.69, 9.17) is 15.0 Å². The molecule has 10 nitrogen and oxygen atoms in total. The standard InChI is InChI=1S/C9H12N3O7P/c10-5-1-2-12(9(14)11-5)8-6(13)7-4(18-8)3-17-20(15,16)19-7/h1-2,4,6-8,13H,3H2,(H,15,16)(H2,10,11,14)/t4-,6+,7?,8-/m1/s1. The maximum atomic E-state index is 11.7. The molecule has 3 heterocycles. The minimum Gasteiger partial charge on any atom is -0.386 e. The molecular formula is C9H12N3O7P. The third-order valence-electron chi connectivity index (χ3n) is 3.09. The summed E-state index contributed by atoms with van der Waals surface area (Å²) in [6.07, 6.45) is -2.91. The number of nitrogen functional groups attached to an aromatic ring is 1. The number of anilines is 1. The van der Waals surface area contributed by atoms with E-state index < -0.39 is 38.1 Å². The van der Waals surface area contributed by atoms with E-state index >= 15 is 0 Å². The first-order chi connectivity index (χ1) is 9.37. The maximum absolute atomic E-state index is 11.7. The molecule has 2 aliphatic rings. The van der Waals surface area contributed by atoms with Crippen molar-refractivity contribution in [3.05, 3.63) is 22.7 Å². The van der Waals surface area contributed by atoms with Crippen LogP contribution in [0.3, 0.4) is 0 Å². The first kappa shape index (κ1) is 13.7. The van der Waals surface area contributed by atoms with Crippen molar-refractivity contribution in [2.75, 3.05) is 12.3 Å². The second-order valence-electron chi connectivity index (χ2n) is 4.43. The van der Waals surface area contributed by atoms with Gasteiger partial charge in [-0.2, -0.15) is 4.98 Å². The second-order valence-corrected chi connectivity index (χ2v) is 5.84. The Balaban J connectivity index is 1.90. The van der Waals surface area contributed by atoms with Crippen molar-refractivity contribution in [3.63, 3.8) is 0 Å². The molecule has 5 atom stereocenters. The van der Waals surface area contributed by atoms with Crippen molar-refractivity contribution < 1.29 is 28.3 Å². The molecule has 2 saturated heterocycles. The fourth-order valence-electron chi connectivity index (χ4n) is 2.19. The quantitative estimate of drug-likeness (QED) is 0.533. The van der Waals surface area contributed by atoms with E-state index in [1.54, 1.807) is 0 Å². The van der Waals surface area contributed by atoms with Gasteiger partial charge in [-0.3, -0.25) is 13.6 Å². The largest absolute Gasteiger partial charge is 0.472 e. The van der Waals surface area contributed by atoms with Crippen LogP contribution in [0.15, 0.2) is 17.1 Å². The monoisotopic (exact) mass is 305 g/mol. The topological polar surface area (TPSA) is 146 Å². The molecule has 2 aliphatic heterocycles. The first-order valence-electron chi connectivity index (χ1n) is 5.71. The lowest BCUT2D eigenvalue weighted by Crippen LogP contribution is -2.40. The van der Waals surface area contributed by atoms with E-state index in [-0.39, 0.29) is 12.4 Å². The van der Waals surface area contributed by atoms with Gasteiger partial charge >= 0.3 is 13.5 Å². The summed E-state index contributed by atoms with van der Waals surface area (Å²) in [7, 11) is -4.19. The minimum atomic E-state index is -4.19. The highest BCUT2D eigenvalue weighted by molar-refractivity contribution is 7.47. The van der Waals surface area contributed by atoms with Gasteiger partial charge in [0.05, 0.1) is 6.61 Å². The van der Waals surface area contributed by atoms with Gasteiger partial charge in [-0.1, -0.05) is 0 Å². The number of phosphoric ester groups is 1. The van der Waals surface area contributed by atoms with E-state index in [0.29, 0.717) is 0 Å². The van der Waals surface area contributed by atoms with Crippen LogP contribution in [0.25, 0.3) is 0 Å². The number of hydrogen-bond acceptors (Lipinski definition) is 8. The number of fused-ring (bicyclic) bond motifs is 1. The lowest BCUT2D eigenvalue weighted by molar-refractivity contribution is -0.0685. The van der Waals surface area contributed by atoms with Crippen LogP contribution in [-0.4, -0.2) is 44.5 Å². The average molecular weight is 305 g/mol. The summed E-state index contributed by atoms with van der Waals surface area (Å²) in [6.45, 7) is -0.219. The van der Waals surface area contributed by atoms with Crippen molar-refractivity contribution in [1.82, 2.24) is 9.55 Å². The molecule has 0 aliphatic carbocycles. The molecular weight excluding hydrogens is 293 g/mol. The van der Waals surface area contributed by atoms with E-state index in [1.165, 1.54) is 12.3 Å². The number of ether oxygens (including phenoxy) is 1. The highest BCUT2D eigenvalue weighted by Crippen LogP contribution is 2.52. The summed E-state index contributed by atoms with van der Waals surface area (Å²) in [4.78, 5) is 24.5. The van der Waals surface area contributed by atoms with Gasteiger partial charge in [0.15, 0.2) is 6.23 Å². The van der Waals surface area contributed by atoms with Gasteiger partial charge in [-0.05, 0) is 6.07 Å². The Kier molecular flexibility index (Phi) is 3.16. The second kappa shape index (κ2) is 4.62. The van der Waals surface area contributed by atoms with Gasteiger partial charge < -0.3 is 20.5 Å². The molecule has 0 bridgehead atoms. The molecule has 0 saturated carbocycles. The van der Waals surface area contributed by atoms with Crippen LogP contribution in [0.4, 0.5) is 5.82 Å². The summed E-state index contributed by atoms with van der Waals surface area (Å²) < 4.78 is 27.2. The summed E-state index contributed by atoms with van der Waals surface area (Å²) in [5.74, 6) is 0.0376. The molecule has 110 valence electrons. The third kappa shape index (κ3) is 2.26. The summed E-state index contributed by atoms with van der Waals surface area (Å²) >= 11 is 0. The molecule has 3 rings (SSSR count). The molecule has 20 heavy (non-hydrogen) atoms. The zero-order chi connectivity index (χ0) is 14.5. The van der Waals surface area contributed by atoms with Crippen molar-refractivity contribution in [1.29, 1.82) is 0 Å². The van der Waals surface area contributed by atoms with E-state index in [1.807, 2.05) is 0 Å². The Bertz CT molecular complexity index is 634. The van der Waals surface area contributed by atoms with Crippen LogP contribution in [-0.2, 0) is 18.3 Å². The summed E-state index contributed by atoms with van der Waals surface area (Å²) in [6, 6.07) is 1.37. The first-order valence-corrected chi connectivity index (χ1v) is 7.21. The molecule has 0 spiro atoms. The van der Waals surface area contributed by atoms with Crippen molar-refractivity contribution in [3.8, 4) is 0 Å². The summed E-state index contributed by atoms with van der Waals surface area (Å²) in [5, 5.41) is 10.1. The van der Waals surface area contributed by atoms with Gasteiger partial charge in [0, 0.05) is 6.20 Å². The number of hydrogen-bond donors (Lipinski definition) is 3. The lowest BCUT2D eigenvalue weighted by Gasteiger charge is -2.27. The lowest BCUT2D eigenvalue weighted by atomic mass is 10.1. The fourth-order valence-corrected chi connectivity index (χ4v) is 3.15. The Morgan fingerprint density at radius 3 is 3.00 bits per heavy atom. The van der Waals surface area contributed by atoms with Crippen molar-refractivity contribution in [2.24, 2.45) is 0 Å². The fraction of sp³-hybridized carbons (Fsp3) is 0.556. The van der Waals surface area contributed by atoms with E-state index in [2.05, 4.69) is 9.51 Å². The van der Waals surface area contributed by atoms with Crippen LogP contribution in [0.2, 0.25) is 0 Å². The summed E-state index contributed by atoms with van der Waals surface area (Å²) in [5.41, 5.74) is 4.66. The number of rotatable bonds is 1. The molecule has 4 N–H and O–H groups in total. The number of nitrogens with two attached hydrogens (primary N) is 1. The Labute approximate surface area is 112 Å². The molecule has 2 fully saturated rings.